The van der Waals surface area contributed by atoms with Crippen molar-refractivity contribution in [1.29, 1.82) is 0 Å². The molecular formula is C24H34Co2O4. The third-order valence-corrected chi connectivity index (χ3v) is 8.72. The van der Waals surface area contributed by atoms with E-state index in [4.69, 9.17) is 0 Å². The van der Waals surface area contributed by atoms with Gasteiger partial charge in [-0.05, 0) is 0 Å². The fourth-order valence-corrected chi connectivity index (χ4v) is 6.57. The monoisotopic (exact) mass is 504 g/mol. The van der Waals surface area contributed by atoms with Crippen LogP contribution >= 0.6 is 0 Å². The van der Waals surface area contributed by atoms with Crippen molar-refractivity contribution < 1.29 is 45.1 Å². The summed E-state index contributed by atoms with van der Waals surface area (Å²) >= 11 is -3.49. The maximum absolute atomic E-state index is 13.1. The van der Waals surface area contributed by atoms with E-state index in [1.54, 1.807) is 24.3 Å². The predicted octanol–water partition coefficient (Wildman–Crippen LogP) is 3.73. The summed E-state index contributed by atoms with van der Waals surface area (Å²) in [6.07, 6.45) is 9.53. The van der Waals surface area contributed by atoms with E-state index >= 15 is 0 Å². The SMILES string of the molecule is CCCCCCCCC[CH2][Co](=[O])[c]1cc(CO)[c]([Co](=[O])[c]2ccccc2)c(CO)c1. The molecule has 0 bridgehead atoms. The molecule has 6 heteroatoms. The molecule has 0 saturated carbocycles. The summed E-state index contributed by atoms with van der Waals surface area (Å²) in [6, 6.07) is 12.4. The molecular weight excluding hydrogens is 470 g/mol. The summed E-state index contributed by atoms with van der Waals surface area (Å²) in [4.78, 5) is 0. The zero-order chi connectivity index (χ0) is 21.8. The van der Waals surface area contributed by atoms with E-state index < -0.39 is 27.2 Å². The van der Waals surface area contributed by atoms with Gasteiger partial charge in [-0.2, -0.15) is 0 Å². The molecule has 0 unspecified atom stereocenters. The van der Waals surface area contributed by atoms with E-state index in [1.165, 1.54) is 38.5 Å². The quantitative estimate of drug-likeness (QED) is 0.385. The van der Waals surface area contributed by atoms with Gasteiger partial charge in [-0.15, -0.1) is 0 Å². The van der Waals surface area contributed by atoms with Gasteiger partial charge in [0.1, 0.15) is 0 Å². The molecule has 0 spiro atoms. The molecule has 0 atom stereocenters. The van der Waals surface area contributed by atoms with Crippen LogP contribution in [0.5, 0.6) is 0 Å². The molecule has 4 nitrogen and oxygen atoms in total. The Morgan fingerprint density at radius 1 is 0.733 bits per heavy atom. The van der Waals surface area contributed by atoms with E-state index in [1.807, 2.05) is 18.2 Å². The molecule has 172 valence electrons. The zero-order valence-electron chi connectivity index (χ0n) is 17.7. The van der Waals surface area contributed by atoms with E-state index in [-0.39, 0.29) is 13.2 Å². The van der Waals surface area contributed by atoms with Crippen LogP contribution in [0.15, 0.2) is 42.5 Å². The third-order valence-electron chi connectivity index (χ3n) is 4.87. The Balaban J connectivity index is 2.04. The van der Waals surface area contributed by atoms with Crippen molar-refractivity contribution in [2.75, 3.05) is 0 Å². The van der Waals surface area contributed by atoms with Gasteiger partial charge in [-0.1, -0.05) is 0 Å². The van der Waals surface area contributed by atoms with Crippen LogP contribution in [0, 0.1) is 0 Å². The normalized spacial score (nSPS) is 12.1. The second-order valence-electron chi connectivity index (χ2n) is 7.22. The molecule has 0 aliphatic carbocycles. The standard InChI is InChI=1S/C10H21.C8H8O2.C6H5.2Co.2O/c1-3-5-7-9-10-8-6-4-2;9-5-7-2-1-3-8(4-7)6-10;1-2-4-6-5-3-1;;;;/h1,3-10H2,2H3;2-3,9-10H,5-6H2;1-5H;;;;. The fraction of sp³-hybridized carbons (Fsp3) is 0.500. The van der Waals surface area contributed by atoms with Gasteiger partial charge >= 0.3 is 189 Å². The van der Waals surface area contributed by atoms with E-state index in [9.17, 15) is 17.9 Å². The first-order chi connectivity index (χ1) is 14.6. The van der Waals surface area contributed by atoms with Crippen LogP contribution in [0.2, 0.25) is 5.36 Å². The first kappa shape index (κ1) is 25.2. The van der Waals surface area contributed by atoms with Crippen molar-refractivity contribution in [3.8, 4) is 0 Å². The molecule has 0 heterocycles. The molecule has 2 aromatic carbocycles. The van der Waals surface area contributed by atoms with Gasteiger partial charge in [-0.3, -0.25) is 0 Å². The fourth-order valence-electron chi connectivity index (χ4n) is 3.23. The van der Waals surface area contributed by atoms with Crippen molar-refractivity contribution in [2.45, 2.75) is 76.9 Å². The minimum absolute atomic E-state index is 0.302. The topological polar surface area (TPSA) is 74.6 Å². The van der Waals surface area contributed by atoms with Gasteiger partial charge in [0, 0.05) is 0 Å². The summed E-state index contributed by atoms with van der Waals surface area (Å²) in [5.41, 5.74) is 0.970. The number of unbranched alkanes of at least 4 members (excludes halogenated alkanes) is 7. The van der Waals surface area contributed by atoms with Crippen molar-refractivity contribution in [2.24, 2.45) is 0 Å². The van der Waals surface area contributed by atoms with Crippen molar-refractivity contribution in [3.63, 3.8) is 0 Å². The van der Waals surface area contributed by atoms with E-state index in [2.05, 4.69) is 6.92 Å². The summed E-state index contributed by atoms with van der Waals surface area (Å²) < 4.78 is 27.6. The number of rotatable bonds is 14. The molecule has 0 amide bonds. The van der Waals surface area contributed by atoms with Crippen molar-refractivity contribution in [1.82, 2.24) is 0 Å². The van der Waals surface area contributed by atoms with Crippen LogP contribution in [0.1, 0.15) is 69.4 Å². The minimum atomic E-state index is -1.92. The summed E-state index contributed by atoms with van der Waals surface area (Å²) in [5, 5.41) is 20.3. The molecule has 2 rings (SSSR count). The summed E-state index contributed by atoms with van der Waals surface area (Å²) in [5.74, 6) is 0. The van der Waals surface area contributed by atoms with Crippen LogP contribution in [0.25, 0.3) is 0 Å². The molecule has 0 aliphatic rings. The molecule has 0 aromatic heterocycles. The maximum atomic E-state index is 13.1. The second-order valence-corrected chi connectivity index (χ2v) is 11.0. The van der Waals surface area contributed by atoms with E-state index in [0.717, 1.165) is 12.8 Å². The third kappa shape index (κ3) is 7.59. The average molecular weight is 504 g/mol. The van der Waals surface area contributed by atoms with Crippen LogP contribution in [0.4, 0.5) is 0 Å². The van der Waals surface area contributed by atoms with Gasteiger partial charge in [0.25, 0.3) is 0 Å². The number of aliphatic hydroxyl groups excluding tert-OH is 2. The van der Waals surface area contributed by atoms with Gasteiger partial charge in [0.2, 0.25) is 0 Å². The number of benzene rings is 2. The Kier molecular flexibility index (Phi) is 11.9. The molecule has 2 N–H and O–H groups in total. The van der Waals surface area contributed by atoms with E-state index in [0.29, 0.717) is 30.0 Å². The summed E-state index contributed by atoms with van der Waals surface area (Å²) in [6.45, 7) is 1.61. The number of hydrogen-bond donors (Lipinski definition) is 2. The molecule has 0 aliphatic heterocycles. The first-order valence-electron chi connectivity index (χ1n) is 10.6. The Labute approximate surface area is 188 Å². The Morgan fingerprint density at radius 3 is 1.80 bits per heavy atom. The molecule has 0 saturated heterocycles. The molecule has 2 aromatic rings. The predicted molar refractivity (Wildman–Crippen MR) is 112 cm³/mol. The van der Waals surface area contributed by atoms with Gasteiger partial charge in [0.15, 0.2) is 0 Å². The van der Waals surface area contributed by atoms with Crippen molar-refractivity contribution in [3.05, 3.63) is 53.6 Å². The van der Waals surface area contributed by atoms with Crippen LogP contribution < -0.4 is 13.5 Å². The Bertz CT molecular complexity index is 796. The van der Waals surface area contributed by atoms with Gasteiger partial charge < -0.3 is 0 Å². The Morgan fingerprint density at radius 2 is 1.27 bits per heavy atom. The Hall–Kier alpha value is -1.03. The van der Waals surface area contributed by atoms with Gasteiger partial charge in [0.05, 0.1) is 0 Å². The number of aliphatic hydroxyl groups is 2. The summed E-state index contributed by atoms with van der Waals surface area (Å²) in [7, 11) is 0. The average Bonchev–Trinajstić information content (AvgIpc) is 2.79. The first-order valence-corrected chi connectivity index (χ1v) is 13.8. The zero-order valence-corrected chi connectivity index (χ0v) is 19.8. The van der Waals surface area contributed by atoms with Crippen LogP contribution in [-0.4, -0.2) is 10.2 Å². The van der Waals surface area contributed by atoms with Crippen LogP contribution in [0.3, 0.4) is 0 Å². The molecule has 0 radical (unpaired) electrons. The molecule has 0 fully saturated rings. The van der Waals surface area contributed by atoms with Crippen molar-refractivity contribution >= 4 is 13.5 Å². The molecule has 30 heavy (non-hydrogen) atoms. The van der Waals surface area contributed by atoms with Crippen LogP contribution in [-0.2, 0) is 48.1 Å². The van der Waals surface area contributed by atoms with Gasteiger partial charge in [-0.25, -0.2) is 0 Å². The number of hydrogen-bond acceptors (Lipinski definition) is 4. The second kappa shape index (κ2) is 14.1.